The lowest BCUT2D eigenvalue weighted by atomic mass is 10.1. The molecular formula is C16H20N2. The van der Waals surface area contributed by atoms with Crippen LogP contribution in [0, 0.1) is 13.8 Å². The topological polar surface area (TPSA) is 29.3 Å². The maximum Gasteiger partial charge on any atom is 0.0437 e. The molecule has 0 aliphatic rings. The summed E-state index contributed by atoms with van der Waals surface area (Å²) in [5, 5.41) is 0. The third kappa shape index (κ3) is 2.54. The van der Waals surface area contributed by atoms with Crippen molar-refractivity contribution in [2.75, 3.05) is 11.9 Å². The minimum absolute atomic E-state index is 0.578. The SMILES string of the molecule is Cc1ccc(N(C)c2cccc(CN)c2)c(C)c1. The Bertz CT molecular complexity index is 547. The Morgan fingerprint density at radius 3 is 2.50 bits per heavy atom. The normalized spacial score (nSPS) is 10.4. The summed E-state index contributed by atoms with van der Waals surface area (Å²) in [5.74, 6) is 0. The highest BCUT2D eigenvalue weighted by Crippen LogP contribution is 2.27. The largest absolute Gasteiger partial charge is 0.344 e. The van der Waals surface area contributed by atoms with Gasteiger partial charge in [0.1, 0.15) is 0 Å². The molecule has 0 atom stereocenters. The van der Waals surface area contributed by atoms with E-state index in [9.17, 15) is 0 Å². The quantitative estimate of drug-likeness (QED) is 0.889. The van der Waals surface area contributed by atoms with Gasteiger partial charge in [0.05, 0.1) is 0 Å². The molecule has 0 saturated carbocycles. The van der Waals surface area contributed by atoms with Crippen molar-refractivity contribution in [1.82, 2.24) is 0 Å². The van der Waals surface area contributed by atoms with Crippen LogP contribution in [0.3, 0.4) is 0 Å². The van der Waals surface area contributed by atoms with E-state index >= 15 is 0 Å². The maximum absolute atomic E-state index is 5.69. The van der Waals surface area contributed by atoms with E-state index in [0.717, 1.165) is 5.56 Å². The zero-order chi connectivity index (χ0) is 13.1. The zero-order valence-corrected chi connectivity index (χ0v) is 11.3. The number of hydrogen-bond donors (Lipinski definition) is 1. The Balaban J connectivity index is 2.37. The summed E-state index contributed by atoms with van der Waals surface area (Å²) in [6.45, 7) is 4.84. The second kappa shape index (κ2) is 5.23. The van der Waals surface area contributed by atoms with Crippen molar-refractivity contribution >= 4 is 11.4 Å². The molecule has 0 saturated heterocycles. The van der Waals surface area contributed by atoms with Gasteiger partial charge in [0.2, 0.25) is 0 Å². The van der Waals surface area contributed by atoms with Crippen molar-refractivity contribution < 1.29 is 0 Å². The van der Waals surface area contributed by atoms with Crippen LogP contribution in [0.5, 0.6) is 0 Å². The first-order valence-electron chi connectivity index (χ1n) is 6.22. The summed E-state index contributed by atoms with van der Waals surface area (Å²) in [5.41, 5.74) is 11.8. The van der Waals surface area contributed by atoms with E-state index < -0.39 is 0 Å². The van der Waals surface area contributed by atoms with Crippen LogP contribution in [0.4, 0.5) is 11.4 Å². The fourth-order valence-electron chi connectivity index (χ4n) is 2.21. The first-order chi connectivity index (χ1) is 8.61. The highest BCUT2D eigenvalue weighted by Gasteiger charge is 2.07. The second-order valence-electron chi connectivity index (χ2n) is 4.72. The van der Waals surface area contributed by atoms with Crippen LogP contribution in [-0.2, 0) is 6.54 Å². The average molecular weight is 240 g/mol. The molecule has 2 N–H and O–H groups in total. The van der Waals surface area contributed by atoms with Crippen LogP contribution in [0.1, 0.15) is 16.7 Å². The highest BCUT2D eigenvalue weighted by atomic mass is 15.1. The van der Waals surface area contributed by atoms with Gasteiger partial charge in [-0.1, -0.05) is 29.8 Å². The van der Waals surface area contributed by atoms with Crippen molar-refractivity contribution in [3.8, 4) is 0 Å². The number of nitrogens with zero attached hydrogens (tertiary/aromatic N) is 1. The molecule has 18 heavy (non-hydrogen) atoms. The summed E-state index contributed by atoms with van der Waals surface area (Å²) in [4.78, 5) is 2.20. The van der Waals surface area contributed by atoms with E-state index in [-0.39, 0.29) is 0 Å². The molecule has 0 unspecified atom stereocenters. The molecule has 0 aliphatic carbocycles. The highest BCUT2D eigenvalue weighted by molar-refractivity contribution is 5.66. The summed E-state index contributed by atoms with van der Waals surface area (Å²) >= 11 is 0. The maximum atomic E-state index is 5.69. The second-order valence-corrected chi connectivity index (χ2v) is 4.72. The number of rotatable bonds is 3. The van der Waals surface area contributed by atoms with Crippen LogP contribution < -0.4 is 10.6 Å². The van der Waals surface area contributed by atoms with Gasteiger partial charge in [-0.05, 0) is 43.2 Å². The van der Waals surface area contributed by atoms with Gasteiger partial charge in [-0.2, -0.15) is 0 Å². The Morgan fingerprint density at radius 2 is 1.83 bits per heavy atom. The molecule has 0 radical (unpaired) electrons. The van der Waals surface area contributed by atoms with Crippen LogP contribution in [0.15, 0.2) is 42.5 Å². The summed E-state index contributed by atoms with van der Waals surface area (Å²) < 4.78 is 0. The van der Waals surface area contributed by atoms with Crippen molar-refractivity contribution in [3.05, 3.63) is 59.2 Å². The Kier molecular flexibility index (Phi) is 3.68. The summed E-state index contributed by atoms with van der Waals surface area (Å²) in [6.07, 6.45) is 0. The molecule has 0 heterocycles. The van der Waals surface area contributed by atoms with Gasteiger partial charge in [-0.3, -0.25) is 0 Å². The number of nitrogens with two attached hydrogens (primary N) is 1. The van der Waals surface area contributed by atoms with Gasteiger partial charge in [-0.15, -0.1) is 0 Å². The van der Waals surface area contributed by atoms with Gasteiger partial charge in [0, 0.05) is 25.0 Å². The lowest BCUT2D eigenvalue weighted by Gasteiger charge is -2.22. The van der Waals surface area contributed by atoms with Crippen molar-refractivity contribution in [2.45, 2.75) is 20.4 Å². The zero-order valence-electron chi connectivity index (χ0n) is 11.3. The minimum Gasteiger partial charge on any atom is -0.344 e. The first kappa shape index (κ1) is 12.7. The molecule has 0 bridgehead atoms. The standard InChI is InChI=1S/C16H20N2/c1-12-7-8-16(13(2)9-12)18(3)15-6-4-5-14(10-15)11-17/h4-10H,11,17H2,1-3H3. The predicted molar refractivity (Wildman–Crippen MR) is 78.3 cm³/mol. The first-order valence-corrected chi connectivity index (χ1v) is 6.22. The van der Waals surface area contributed by atoms with Crippen LogP contribution in [0.25, 0.3) is 0 Å². The Hall–Kier alpha value is -1.80. The van der Waals surface area contributed by atoms with E-state index in [4.69, 9.17) is 5.73 Å². The summed E-state index contributed by atoms with van der Waals surface area (Å²) in [6, 6.07) is 14.9. The van der Waals surface area contributed by atoms with Crippen LogP contribution in [-0.4, -0.2) is 7.05 Å². The van der Waals surface area contributed by atoms with Crippen LogP contribution >= 0.6 is 0 Å². The molecule has 0 aliphatic heterocycles. The summed E-state index contributed by atoms with van der Waals surface area (Å²) in [7, 11) is 2.09. The van der Waals surface area contributed by atoms with Crippen molar-refractivity contribution in [2.24, 2.45) is 5.73 Å². The number of aryl methyl sites for hydroxylation is 2. The minimum atomic E-state index is 0.578. The van der Waals surface area contributed by atoms with Gasteiger partial charge >= 0.3 is 0 Å². The fourth-order valence-corrected chi connectivity index (χ4v) is 2.21. The Morgan fingerprint density at radius 1 is 1.06 bits per heavy atom. The van der Waals surface area contributed by atoms with Gasteiger partial charge < -0.3 is 10.6 Å². The fraction of sp³-hybridized carbons (Fsp3) is 0.250. The monoisotopic (exact) mass is 240 g/mol. The smallest absolute Gasteiger partial charge is 0.0437 e. The molecule has 2 nitrogen and oxygen atoms in total. The third-order valence-corrected chi connectivity index (χ3v) is 3.25. The predicted octanol–water partition coefficient (Wildman–Crippen LogP) is 3.53. The molecule has 0 amide bonds. The lowest BCUT2D eigenvalue weighted by molar-refractivity contribution is 1.06. The molecular weight excluding hydrogens is 220 g/mol. The molecule has 2 rings (SSSR count). The van der Waals surface area contributed by atoms with Crippen molar-refractivity contribution in [3.63, 3.8) is 0 Å². The Labute approximate surface area is 109 Å². The van der Waals surface area contributed by atoms with Gasteiger partial charge in [-0.25, -0.2) is 0 Å². The third-order valence-electron chi connectivity index (χ3n) is 3.25. The van der Waals surface area contributed by atoms with E-state index in [1.54, 1.807) is 0 Å². The van der Waals surface area contributed by atoms with E-state index in [2.05, 4.69) is 68.3 Å². The van der Waals surface area contributed by atoms with Crippen LogP contribution in [0.2, 0.25) is 0 Å². The number of benzene rings is 2. The number of anilines is 2. The molecule has 2 aromatic carbocycles. The van der Waals surface area contributed by atoms with Gasteiger partial charge in [0.15, 0.2) is 0 Å². The van der Waals surface area contributed by atoms with E-state index in [1.165, 1.54) is 22.5 Å². The molecule has 94 valence electrons. The molecule has 0 aromatic heterocycles. The molecule has 2 aromatic rings. The lowest BCUT2D eigenvalue weighted by Crippen LogP contribution is -2.11. The number of hydrogen-bond acceptors (Lipinski definition) is 2. The van der Waals surface area contributed by atoms with Gasteiger partial charge in [0.25, 0.3) is 0 Å². The molecule has 0 spiro atoms. The molecule has 2 heteroatoms. The molecule has 0 fully saturated rings. The van der Waals surface area contributed by atoms with E-state index in [0.29, 0.717) is 6.54 Å². The average Bonchev–Trinajstić information content (AvgIpc) is 2.38. The van der Waals surface area contributed by atoms with E-state index in [1.807, 2.05) is 0 Å². The van der Waals surface area contributed by atoms with Crippen molar-refractivity contribution in [1.29, 1.82) is 0 Å².